The number of aromatic amines is 1. The largest absolute Gasteiger partial charge is 0.490 e. The van der Waals surface area contributed by atoms with Crippen molar-refractivity contribution in [3.63, 3.8) is 0 Å². The molecule has 2 aromatic carbocycles. The predicted molar refractivity (Wildman–Crippen MR) is 130 cm³/mol. The molecule has 4 aromatic rings. The molecule has 40 heavy (non-hydrogen) atoms. The summed E-state index contributed by atoms with van der Waals surface area (Å²) in [5, 5.41) is 14.8. The molecule has 5 N–H and O–H groups in total. The summed E-state index contributed by atoms with van der Waals surface area (Å²) in [4.78, 5) is 41.8. The molecule has 0 amide bonds. The Labute approximate surface area is 220 Å². The molecule has 212 valence electrons. The number of pyridine rings is 1. The molecular formula is C25H20F6N4O5. The van der Waals surface area contributed by atoms with Crippen LogP contribution in [0.3, 0.4) is 0 Å². The molecule has 0 spiro atoms. The number of carboxylic acid groups (broad SMARTS) is 2. The highest BCUT2D eigenvalue weighted by molar-refractivity contribution is 5.83. The highest BCUT2D eigenvalue weighted by atomic mass is 19.4. The van der Waals surface area contributed by atoms with Crippen molar-refractivity contribution in [3.8, 4) is 11.1 Å². The van der Waals surface area contributed by atoms with Gasteiger partial charge in [-0.25, -0.2) is 14.6 Å². The number of fused-ring (bicyclic) bond motifs is 1. The van der Waals surface area contributed by atoms with Gasteiger partial charge in [0.15, 0.2) is 0 Å². The quantitative estimate of drug-likeness (QED) is 0.261. The van der Waals surface area contributed by atoms with Gasteiger partial charge in [-0.1, -0.05) is 36.4 Å². The second-order valence-corrected chi connectivity index (χ2v) is 7.82. The molecule has 0 bridgehead atoms. The average molecular weight is 570 g/mol. The molecule has 2 aromatic heterocycles. The second-order valence-electron chi connectivity index (χ2n) is 7.82. The Morgan fingerprint density at radius 2 is 1.38 bits per heavy atom. The van der Waals surface area contributed by atoms with Crippen LogP contribution in [0.4, 0.5) is 26.3 Å². The Balaban J connectivity index is 0.000000333. The van der Waals surface area contributed by atoms with Crippen LogP contribution in [-0.4, -0.2) is 49.5 Å². The fraction of sp³-hybridized carbons (Fsp3) is 0.160. The minimum Gasteiger partial charge on any atom is -0.475 e. The first kappa shape index (κ1) is 31.4. The first-order chi connectivity index (χ1) is 18.6. The lowest BCUT2D eigenvalue weighted by Gasteiger charge is -2.12. The van der Waals surface area contributed by atoms with E-state index in [2.05, 4.69) is 15.0 Å². The summed E-state index contributed by atoms with van der Waals surface area (Å²) in [5.41, 5.74) is 9.80. The van der Waals surface area contributed by atoms with Crippen LogP contribution in [0.15, 0.2) is 77.9 Å². The zero-order valence-corrected chi connectivity index (χ0v) is 20.1. The number of aliphatic carboxylic acids is 2. The van der Waals surface area contributed by atoms with Crippen LogP contribution in [0.25, 0.3) is 22.0 Å². The van der Waals surface area contributed by atoms with Crippen LogP contribution in [-0.2, 0) is 16.0 Å². The molecule has 0 aliphatic carbocycles. The number of hydrogen-bond acceptors (Lipinski definition) is 6. The van der Waals surface area contributed by atoms with E-state index in [0.29, 0.717) is 23.1 Å². The predicted octanol–water partition coefficient (Wildman–Crippen LogP) is 4.49. The molecule has 4 rings (SSSR count). The van der Waals surface area contributed by atoms with E-state index in [1.165, 1.54) is 0 Å². The van der Waals surface area contributed by atoms with Crippen LogP contribution in [0, 0.1) is 0 Å². The third-order valence-electron chi connectivity index (χ3n) is 4.87. The fourth-order valence-corrected chi connectivity index (χ4v) is 3.02. The first-order valence-electron chi connectivity index (χ1n) is 10.9. The fourth-order valence-electron chi connectivity index (χ4n) is 3.02. The molecule has 0 radical (unpaired) electrons. The lowest BCUT2D eigenvalue weighted by Crippen LogP contribution is -2.21. The zero-order chi connectivity index (χ0) is 30.1. The second kappa shape index (κ2) is 13.3. The Kier molecular flexibility index (Phi) is 10.5. The van der Waals surface area contributed by atoms with Crippen molar-refractivity contribution in [2.45, 2.75) is 24.8 Å². The van der Waals surface area contributed by atoms with Crippen LogP contribution in [0.5, 0.6) is 0 Å². The highest BCUT2D eigenvalue weighted by Crippen LogP contribution is 2.22. The summed E-state index contributed by atoms with van der Waals surface area (Å²) < 4.78 is 63.5. The summed E-state index contributed by atoms with van der Waals surface area (Å²) in [5.74, 6) is -5.01. The number of nitrogens with zero attached hydrogens (tertiary/aromatic N) is 2. The minimum atomic E-state index is -5.08. The monoisotopic (exact) mass is 570 g/mol. The molecule has 0 unspecified atom stereocenters. The number of alkyl halides is 6. The Bertz CT molecular complexity index is 1470. The van der Waals surface area contributed by atoms with Crippen molar-refractivity contribution in [1.82, 2.24) is 15.0 Å². The van der Waals surface area contributed by atoms with E-state index < -0.39 is 24.3 Å². The maximum Gasteiger partial charge on any atom is 0.490 e. The number of carboxylic acids is 2. The number of nitrogens with one attached hydrogen (secondary N) is 1. The number of rotatable bonds is 4. The maximum absolute atomic E-state index is 12.6. The standard InChI is InChI=1S/C21H18N4O.2C2HF3O2/c22-18(12-14-4-2-1-3-5-14)20-24-19-7-6-16(13-17(19)21(26)25-20)15-8-10-23-11-9-15;2*3-2(4,5)1(6)7/h1-11,13,18H,12,22H2,(H,24,25,26);2*(H,6,7)/t18-;;/m0../s1. The number of aromatic nitrogens is 3. The average Bonchev–Trinajstić information content (AvgIpc) is 2.89. The molecule has 15 heteroatoms. The smallest absolute Gasteiger partial charge is 0.475 e. The molecule has 1 atom stereocenters. The molecule has 0 saturated heterocycles. The molecule has 0 fully saturated rings. The number of nitrogens with two attached hydrogens (primary N) is 1. The summed E-state index contributed by atoms with van der Waals surface area (Å²) in [6, 6.07) is 19.1. The van der Waals surface area contributed by atoms with Crippen molar-refractivity contribution < 1.29 is 46.1 Å². The van der Waals surface area contributed by atoms with E-state index >= 15 is 0 Å². The van der Waals surface area contributed by atoms with Gasteiger partial charge >= 0.3 is 24.3 Å². The summed E-state index contributed by atoms with van der Waals surface area (Å²) in [6.45, 7) is 0. The van der Waals surface area contributed by atoms with E-state index in [1.54, 1.807) is 12.4 Å². The van der Waals surface area contributed by atoms with Crippen LogP contribution < -0.4 is 11.3 Å². The summed E-state index contributed by atoms with van der Waals surface area (Å²) in [6.07, 6.45) is -6.09. The van der Waals surface area contributed by atoms with Crippen molar-refractivity contribution in [2.75, 3.05) is 0 Å². The van der Waals surface area contributed by atoms with E-state index in [9.17, 15) is 31.1 Å². The summed E-state index contributed by atoms with van der Waals surface area (Å²) >= 11 is 0. The number of carbonyl (C=O) groups is 2. The van der Waals surface area contributed by atoms with Gasteiger partial charge in [-0.3, -0.25) is 9.78 Å². The normalized spacial score (nSPS) is 11.9. The van der Waals surface area contributed by atoms with Crippen molar-refractivity contribution in [2.24, 2.45) is 5.73 Å². The molecule has 2 heterocycles. The Hall–Kier alpha value is -4.79. The van der Waals surface area contributed by atoms with E-state index in [-0.39, 0.29) is 11.6 Å². The highest BCUT2D eigenvalue weighted by Gasteiger charge is 2.38. The SMILES string of the molecule is N[C@@H](Cc1ccccc1)c1nc2ccc(-c3ccncc3)cc2c(=O)[nH]1.O=C(O)C(F)(F)F.O=C(O)C(F)(F)F. The number of benzene rings is 2. The molecule has 0 aliphatic heterocycles. The van der Waals surface area contributed by atoms with E-state index in [4.69, 9.17) is 25.5 Å². The lowest BCUT2D eigenvalue weighted by molar-refractivity contribution is -0.193. The lowest BCUT2D eigenvalue weighted by atomic mass is 10.0. The van der Waals surface area contributed by atoms with Gasteiger partial charge in [-0.2, -0.15) is 26.3 Å². The third kappa shape index (κ3) is 9.50. The van der Waals surface area contributed by atoms with Gasteiger partial charge < -0.3 is 20.9 Å². The molecule has 9 nitrogen and oxygen atoms in total. The number of hydrogen-bond donors (Lipinski definition) is 4. The van der Waals surface area contributed by atoms with Crippen molar-refractivity contribution >= 4 is 22.8 Å². The minimum absolute atomic E-state index is 0.176. The topological polar surface area (TPSA) is 159 Å². The Morgan fingerprint density at radius 3 is 1.88 bits per heavy atom. The summed E-state index contributed by atoms with van der Waals surface area (Å²) in [7, 11) is 0. The Morgan fingerprint density at radius 1 is 0.850 bits per heavy atom. The molecule has 0 aliphatic rings. The van der Waals surface area contributed by atoms with Gasteiger partial charge in [0.2, 0.25) is 0 Å². The van der Waals surface area contributed by atoms with Gasteiger partial charge in [0.1, 0.15) is 5.82 Å². The zero-order valence-electron chi connectivity index (χ0n) is 20.1. The third-order valence-corrected chi connectivity index (χ3v) is 4.87. The van der Waals surface area contributed by atoms with Gasteiger partial charge in [-0.15, -0.1) is 0 Å². The van der Waals surface area contributed by atoms with Crippen molar-refractivity contribution in [1.29, 1.82) is 0 Å². The van der Waals surface area contributed by atoms with Gasteiger partial charge in [-0.05, 0) is 47.4 Å². The van der Waals surface area contributed by atoms with Gasteiger partial charge in [0.05, 0.1) is 16.9 Å². The van der Waals surface area contributed by atoms with E-state index in [1.807, 2.05) is 60.7 Å². The van der Waals surface area contributed by atoms with Crippen molar-refractivity contribution in [3.05, 3.63) is 94.8 Å². The van der Waals surface area contributed by atoms with Gasteiger partial charge in [0.25, 0.3) is 5.56 Å². The van der Waals surface area contributed by atoms with E-state index in [0.717, 1.165) is 16.7 Å². The van der Waals surface area contributed by atoms with Crippen LogP contribution in [0.2, 0.25) is 0 Å². The maximum atomic E-state index is 12.6. The molecule has 0 saturated carbocycles. The van der Waals surface area contributed by atoms with Crippen LogP contribution >= 0.6 is 0 Å². The van der Waals surface area contributed by atoms with Crippen LogP contribution in [0.1, 0.15) is 17.4 Å². The number of H-pyrrole nitrogens is 1. The van der Waals surface area contributed by atoms with Gasteiger partial charge in [0, 0.05) is 12.4 Å². The number of halogens is 6. The first-order valence-corrected chi connectivity index (χ1v) is 10.9. The molecular weight excluding hydrogens is 550 g/mol.